The van der Waals surface area contributed by atoms with E-state index < -0.39 is 0 Å². The molecule has 6 heteroatoms. The van der Waals surface area contributed by atoms with Gasteiger partial charge in [-0.05, 0) is 50.1 Å². The number of nitrogens with one attached hydrogen (secondary N) is 2. The maximum Gasteiger partial charge on any atom is 0.195 e. The zero-order chi connectivity index (χ0) is 19.5. The first-order valence-corrected chi connectivity index (χ1v) is 9.19. The summed E-state index contributed by atoms with van der Waals surface area (Å²) in [4.78, 5) is 4.65. The number of methoxy groups -OCH3 is 2. The monoisotopic (exact) mass is 371 g/mol. The normalized spacial score (nSPS) is 11.0. The van der Waals surface area contributed by atoms with Gasteiger partial charge in [0.15, 0.2) is 17.5 Å². The van der Waals surface area contributed by atoms with Gasteiger partial charge in [-0.3, -0.25) is 4.99 Å². The lowest BCUT2D eigenvalue weighted by atomic mass is 10.1. The number of nitrogens with zero attached hydrogens (tertiary/aromatic N) is 1. The van der Waals surface area contributed by atoms with Crippen LogP contribution < -0.4 is 24.8 Å². The molecule has 0 amide bonds. The van der Waals surface area contributed by atoms with Gasteiger partial charge in [0.05, 0.1) is 20.8 Å². The molecule has 0 heterocycles. The number of hydrogen-bond donors (Lipinski definition) is 2. The smallest absolute Gasteiger partial charge is 0.195 e. The molecule has 0 radical (unpaired) electrons. The van der Waals surface area contributed by atoms with Gasteiger partial charge in [0, 0.05) is 24.8 Å². The van der Waals surface area contributed by atoms with E-state index in [2.05, 4.69) is 27.8 Å². The van der Waals surface area contributed by atoms with Crippen molar-refractivity contribution < 1.29 is 14.2 Å². The maximum absolute atomic E-state index is 5.56. The number of benzene rings is 2. The predicted molar refractivity (Wildman–Crippen MR) is 110 cm³/mol. The number of anilines is 1. The second-order valence-corrected chi connectivity index (χ2v) is 5.78. The van der Waals surface area contributed by atoms with Crippen LogP contribution in [0.5, 0.6) is 17.2 Å². The first kappa shape index (κ1) is 20.4. The minimum atomic E-state index is 0.596. The second-order valence-electron chi connectivity index (χ2n) is 5.78. The largest absolute Gasteiger partial charge is 0.497 e. The fraction of sp³-hybridized carbons (Fsp3) is 0.381. The van der Waals surface area contributed by atoms with Crippen LogP contribution in [0.2, 0.25) is 0 Å². The molecule has 0 unspecified atom stereocenters. The van der Waals surface area contributed by atoms with Gasteiger partial charge in [-0.25, -0.2) is 0 Å². The SMILES string of the molecule is CCNC(=NCCc1ccc(OC)cc1)Nc1ccc(OCC)c(OC)c1. The molecule has 0 aromatic heterocycles. The molecule has 0 atom stereocenters. The highest BCUT2D eigenvalue weighted by Gasteiger charge is 2.07. The summed E-state index contributed by atoms with van der Waals surface area (Å²) in [5.41, 5.74) is 2.11. The third-order valence-electron chi connectivity index (χ3n) is 3.90. The standard InChI is InChI=1S/C21H29N3O3/c1-5-22-21(23-14-13-16-7-10-18(25-3)11-8-16)24-17-9-12-19(27-6-2)20(15-17)26-4/h7-12,15H,5-6,13-14H2,1-4H3,(H2,22,23,24). The minimum Gasteiger partial charge on any atom is -0.497 e. The summed E-state index contributed by atoms with van der Waals surface area (Å²) in [6, 6.07) is 13.8. The topological polar surface area (TPSA) is 64.1 Å². The van der Waals surface area contributed by atoms with Gasteiger partial charge in [0.2, 0.25) is 0 Å². The van der Waals surface area contributed by atoms with E-state index in [1.165, 1.54) is 5.56 Å². The molecule has 0 aliphatic carbocycles. The van der Waals surface area contributed by atoms with Crippen LogP contribution in [0, 0.1) is 0 Å². The van der Waals surface area contributed by atoms with Crippen molar-refractivity contribution in [3.8, 4) is 17.2 Å². The molecule has 6 nitrogen and oxygen atoms in total. The Hall–Kier alpha value is -2.89. The molecule has 2 N–H and O–H groups in total. The molecule has 0 aliphatic rings. The molecule has 27 heavy (non-hydrogen) atoms. The van der Waals surface area contributed by atoms with E-state index in [0.29, 0.717) is 18.9 Å². The summed E-state index contributed by atoms with van der Waals surface area (Å²) >= 11 is 0. The van der Waals surface area contributed by atoms with E-state index in [1.807, 2.05) is 44.2 Å². The van der Waals surface area contributed by atoms with Crippen molar-refractivity contribution >= 4 is 11.6 Å². The Morgan fingerprint density at radius 2 is 1.74 bits per heavy atom. The van der Waals surface area contributed by atoms with Crippen LogP contribution in [-0.2, 0) is 6.42 Å². The molecule has 0 saturated heterocycles. The summed E-state index contributed by atoms with van der Waals surface area (Å²) in [5.74, 6) is 3.02. The third-order valence-corrected chi connectivity index (χ3v) is 3.90. The van der Waals surface area contributed by atoms with Gasteiger partial charge in [-0.1, -0.05) is 12.1 Å². The first-order valence-electron chi connectivity index (χ1n) is 9.19. The van der Waals surface area contributed by atoms with Crippen molar-refractivity contribution in [1.82, 2.24) is 5.32 Å². The van der Waals surface area contributed by atoms with Gasteiger partial charge in [0.1, 0.15) is 5.75 Å². The molecule has 0 saturated carbocycles. The van der Waals surface area contributed by atoms with Crippen molar-refractivity contribution in [2.24, 2.45) is 4.99 Å². The van der Waals surface area contributed by atoms with Crippen LogP contribution in [0.4, 0.5) is 5.69 Å². The Balaban J connectivity index is 2.01. The Kier molecular flexibility index (Phi) is 8.29. The number of aliphatic imine (C=N–C) groups is 1. The average Bonchev–Trinajstić information content (AvgIpc) is 2.70. The highest BCUT2D eigenvalue weighted by Crippen LogP contribution is 2.30. The van der Waals surface area contributed by atoms with Crippen LogP contribution in [-0.4, -0.2) is 39.9 Å². The molecular formula is C21H29N3O3. The van der Waals surface area contributed by atoms with Crippen molar-refractivity contribution in [1.29, 1.82) is 0 Å². The van der Waals surface area contributed by atoms with Crippen molar-refractivity contribution in [2.45, 2.75) is 20.3 Å². The molecule has 2 rings (SSSR count). The van der Waals surface area contributed by atoms with Crippen molar-refractivity contribution in [3.05, 3.63) is 48.0 Å². The van der Waals surface area contributed by atoms with E-state index in [-0.39, 0.29) is 0 Å². The lowest BCUT2D eigenvalue weighted by molar-refractivity contribution is 0.311. The second kappa shape index (κ2) is 11.0. The molecule has 2 aromatic rings. The zero-order valence-corrected chi connectivity index (χ0v) is 16.5. The Morgan fingerprint density at radius 3 is 2.37 bits per heavy atom. The van der Waals surface area contributed by atoms with Crippen molar-refractivity contribution in [3.63, 3.8) is 0 Å². The van der Waals surface area contributed by atoms with E-state index in [9.17, 15) is 0 Å². The fourth-order valence-corrected chi connectivity index (χ4v) is 2.55. The molecule has 146 valence electrons. The average molecular weight is 371 g/mol. The number of ether oxygens (including phenoxy) is 3. The maximum atomic E-state index is 5.56. The minimum absolute atomic E-state index is 0.596. The third kappa shape index (κ3) is 6.40. The number of guanidine groups is 1. The number of rotatable bonds is 9. The van der Waals surface area contributed by atoms with E-state index in [4.69, 9.17) is 14.2 Å². The predicted octanol–water partition coefficient (Wildman–Crippen LogP) is 3.72. The summed E-state index contributed by atoms with van der Waals surface area (Å²) in [5, 5.41) is 6.57. The van der Waals surface area contributed by atoms with Crippen LogP contribution in [0.25, 0.3) is 0 Å². The molecule has 0 fully saturated rings. The van der Waals surface area contributed by atoms with Crippen LogP contribution >= 0.6 is 0 Å². The lowest BCUT2D eigenvalue weighted by Crippen LogP contribution is -2.30. The number of hydrogen-bond acceptors (Lipinski definition) is 4. The van der Waals surface area contributed by atoms with E-state index in [0.717, 1.165) is 36.1 Å². The van der Waals surface area contributed by atoms with Gasteiger partial charge < -0.3 is 24.8 Å². The van der Waals surface area contributed by atoms with Gasteiger partial charge in [-0.2, -0.15) is 0 Å². The lowest BCUT2D eigenvalue weighted by Gasteiger charge is -2.14. The highest BCUT2D eigenvalue weighted by atomic mass is 16.5. The van der Waals surface area contributed by atoms with E-state index in [1.54, 1.807) is 14.2 Å². The van der Waals surface area contributed by atoms with Crippen LogP contribution in [0.1, 0.15) is 19.4 Å². The van der Waals surface area contributed by atoms with E-state index >= 15 is 0 Å². The Bertz CT molecular complexity index is 730. The van der Waals surface area contributed by atoms with Gasteiger partial charge >= 0.3 is 0 Å². The summed E-state index contributed by atoms with van der Waals surface area (Å²) in [6.07, 6.45) is 0.854. The molecular weight excluding hydrogens is 342 g/mol. The Labute approximate surface area is 161 Å². The van der Waals surface area contributed by atoms with Crippen LogP contribution in [0.15, 0.2) is 47.5 Å². The molecule has 0 aliphatic heterocycles. The quantitative estimate of drug-likeness (QED) is 0.519. The highest BCUT2D eigenvalue weighted by molar-refractivity contribution is 5.93. The summed E-state index contributed by atoms with van der Waals surface area (Å²) in [6.45, 7) is 6.04. The van der Waals surface area contributed by atoms with Crippen molar-refractivity contribution in [2.75, 3.05) is 39.2 Å². The summed E-state index contributed by atoms with van der Waals surface area (Å²) in [7, 11) is 3.30. The molecule has 0 spiro atoms. The van der Waals surface area contributed by atoms with Gasteiger partial charge in [-0.15, -0.1) is 0 Å². The van der Waals surface area contributed by atoms with Gasteiger partial charge in [0.25, 0.3) is 0 Å². The molecule has 0 bridgehead atoms. The van der Waals surface area contributed by atoms with Crippen LogP contribution in [0.3, 0.4) is 0 Å². The fourth-order valence-electron chi connectivity index (χ4n) is 2.55. The summed E-state index contributed by atoms with van der Waals surface area (Å²) < 4.78 is 16.1. The zero-order valence-electron chi connectivity index (χ0n) is 16.5. The first-order chi connectivity index (χ1) is 13.2. The molecule has 2 aromatic carbocycles. The Morgan fingerprint density at radius 1 is 0.963 bits per heavy atom.